The van der Waals surface area contributed by atoms with Crippen LogP contribution in [0.2, 0.25) is 0 Å². The van der Waals surface area contributed by atoms with Crippen molar-refractivity contribution in [2.45, 2.75) is 0 Å². The van der Waals surface area contributed by atoms with Gasteiger partial charge < -0.3 is 0 Å². The maximum absolute atomic E-state index is 11.2. The van der Waals surface area contributed by atoms with E-state index in [2.05, 4.69) is 10.6 Å². The van der Waals surface area contributed by atoms with Crippen LogP contribution >= 0.6 is 0 Å². The molecule has 0 spiro atoms. The average Bonchev–Trinajstić information content (AvgIpc) is 2.19. The van der Waals surface area contributed by atoms with Crippen LogP contribution in [-0.4, -0.2) is 19.0 Å². The van der Waals surface area contributed by atoms with Gasteiger partial charge in [0.2, 0.25) is 0 Å². The third-order valence-corrected chi connectivity index (χ3v) is 1.46. The van der Waals surface area contributed by atoms with E-state index >= 15 is 0 Å². The fraction of sp³-hybridized carbons (Fsp3) is 0.111. The van der Waals surface area contributed by atoms with Crippen molar-refractivity contribution in [2.24, 2.45) is 0 Å². The third-order valence-electron chi connectivity index (χ3n) is 1.46. The molecule has 0 unspecified atom stereocenters. The minimum atomic E-state index is -0.631. The van der Waals surface area contributed by atoms with E-state index in [1.54, 1.807) is 30.3 Å². The highest BCUT2D eigenvalue weighted by Crippen LogP contribution is 1.97. The zero-order valence-corrected chi connectivity index (χ0v) is 7.15. The van der Waals surface area contributed by atoms with Gasteiger partial charge in [0.1, 0.15) is 0 Å². The van der Waals surface area contributed by atoms with Crippen LogP contribution in [0.15, 0.2) is 30.3 Å². The Labute approximate surface area is 75.9 Å². The van der Waals surface area contributed by atoms with Gasteiger partial charge in [-0.1, -0.05) is 18.2 Å². The molecule has 0 bridgehead atoms. The van der Waals surface area contributed by atoms with Gasteiger partial charge in [-0.05, 0) is 12.1 Å². The summed E-state index contributed by atoms with van der Waals surface area (Å²) in [5.74, 6) is -0.434. The normalized spacial score (nSPS) is 9.00. The summed E-state index contributed by atoms with van der Waals surface area (Å²) in [4.78, 5) is 21.9. The van der Waals surface area contributed by atoms with Gasteiger partial charge >= 0.3 is 6.03 Å². The van der Waals surface area contributed by atoms with Crippen LogP contribution in [0.4, 0.5) is 4.79 Å². The van der Waals surface area contributed by atoms with E-state index in [4.69, 9.17) is 0 Å². The Morgan fingerprint density at radius 2 is 1.85 bits per heavy atom. The number of carbonyl (C=O) groups excluding carboxylic acids is 2. The van der Waals surface area contributed by atoms with E-state index in [-0.39, 0.29) is 0 Å². The topological polar surface area (TPSA) is 60.3 Å². The summed E-state index contributed by atoms with van der Waals surface area (Å²) >= 11 is 0. The molecule has 0 saturated carbocycles. The molecule has 1 radical (unpaired) electrons. The molecule has 67 valence electrons. The van der Waals surface area contributed by atoms with E-state index in [1.807, 2.05) is 0 Å². The number of hydrogen-bond donors (Lipinski definition) is 1. The lowest BCUT2D eigenvalue weighted by Crippen LogP contribution is -2.33. The molecule has 1 aromatic carbocycles. The molecule has 1 N–H and O–H groups in total. The minimum Gasteiger partial charge on any atom is -0.272 e. The predicted molar refractivity (Wildman–Crippen MR) is 47.4 cm³/mol. The Balaban J connectivity index is 2.65. The van der Waals surface area contributed by atoms with Gasteiger partial charge in [-0.15, -0.1) is 0 Å². The van der Waals surface area contributed by atoms with Gasteiger partial charge in [0.25, 0.3) is 5.91 Å². The van der Waals surface area contributed by atoms with Crippen LogP contribution in [-0.2, 0) is 0 Å². The summed E-state index contributed by atoms with van der Waals surface area (Å²) in [7, 11) is 1.33. The average molecular weight is 177 g/mol. The first-order valence-corrected chi connectivity index (χ1v) is 3.74. The lowest BCUT2D eigenvalue weighted by molar-refractivity contribution is 0.0964. The molecule has 0 aromatic heterocycles. The number of hydrogen-bond acceptors (Lipinski definition) is 2. The number of rotatable bonds is 1. The summed E-state index contributed by atoms with van der Waals surface area (Å²) in [6.45, 7) is 0. The van der Waals surface area contributed by atoms with Crippen LogP contribution < -0.4 is 10.6 Å². The monoisotopic (exact) mass is 177 g/mol. The second kappa shape index (κ2) is 4.25. The van der Waals surface area contributed by atoms with Gasteiger partial charge in [-0.3, -0.25) is 10.1 Å². The standard InChI is InChI=1S/C9H9N2O2/c1-10-9(13)11-8(12)7-5-3-2-4-6-7/h2-6H,1H3,(H,11,12,13). The lowest BCUT2D eigenvalue weighted by atomic mass is 10.2. The Morgan fingerprint density at radius 1 is 1.23 bits per heavy atom. The minimum absolute atomic E-state index is 0.434. The molecule has 1 rings (SSSR count). The number of amides is 3. The molecule has 4 nitrogen and oxygen atoms in total. The van der Waals surface area contributed by atoms with Gasteiger partial charge in [0, 0.05) is 12.6 Å². The first-order chi connectivity index (χ1) is 6.24. The highest BCUT2D eigenvalue weighted by atomic mass is 16.2. The summed E-state index contributed by atoms with van der Waals surface area (Å²) in [5, 5.41) is 5.38. The zero-order chi connectivity index (χ0) is 9.68. The van der Waals surface area contributed by atoms with Crippen LogP contribution in [0.5, 0.6) is 0 Å². The molecule has 0 aliphatic heterocycles. The third kappa shape index (κ3) is 2.59. The molecule has 0 atom stereocenters. The van der Waals surface area contributed by atoms with Crippen molar-refractivity contribution in [3.05, 3.63) is 35.9 Å². The van der Waals surface area contributed by atoms with Crippen molar-refractivity contribution in [3.63, 3.8) is 0 Å². The van der Waals surface area contributed by atoms with Crippen molar-refractivity contribution in [1.29, 1.82) is 0 Å². The maximum atomic E-state index is 11.2. The van der Waals surface area contributed by atoms with Gasteiger partial charge in [-0.25, -0.2) is 10.1 Å². The largest absolute Gasteiger partial charge is 0.342 e. The molecule has 0 heterocycles. The van der Waals surface area contributed by atoms with Crippen molar-refractivity contribution >= 4 is 11.9 Å². The molecule has 0 fully saturated rings. The van der Waals surface area contributed by atoms with Gasteiger partial charge in [0.15, 0.2) is 0 Å². The SMILES string of the molecule is C[N]C(=O)NC(=O)c1ccccc1. The maximum Gasteiger partial charge on any atom is 0.342 e. The van der Waals surface area contributed by atoms with Gasteiger partial charge in [-0.2, -0.15) is 0 Å². The Bertz CT molecular complexity index is 309. The summed E-state index contributed by atoms with van der Waals surface area (Å²) < 4.78 is 0. The number of urea groups is 1. The van der Waals surface area contributed by atoms with E-state index in [0.29, 0.717) is 5.56 Å². The predicted octanol–water partition coefficient (Wildman–Crippen LogP) is 0.771. The van der Waals surface area contributed by atoms with Crippen molar-refractivity contribution < 1.29 is 9.59 Å². The molecule has 3 amide bonds. The Kier molecular flexibility index (Phi) is 3.03. The van der Waals surface area contributed by atoms with E-state index in [1.165, 1.54) is 7.05 Å². The van der Waals surface area contributed by atoms with E-state index in [0.717, 1.165) is 0 Å². The van der Waals surface area contributed by atoms with Crippen molar-refractivity contribution in [2.75, 3.05) is 7.05 Å². The van der Waals surface area contributed by atoms with Crippen LogP contribution in [0, 0.1) is 0 Å². The summed E-state index contributed by atoms with van der Waals surface area (Å²) in [6, 6.07) is 7.86. The molecule has 0 aliphatic carbocycles. The number of nitrogens with one attached hydrogen (secondary N) is 1. The zero-order valence-electron chi connectivity index (χ0n) is 7.15. The highest BCUT2D eigenvalue weighted by Gasteiger charge is 2.07. The smallest absolute Gasteiger partial charge is 0.272 e. The first-order valence-electron chi connectivity index (χ1n) is 3.74. The van der Waals surface area contributed by atoms with Crippen LogP contribution in [0.25, 0.3) is 0 Å². The molecule has 1 aromatic rings. The molecular formula is C9H9N2O2. The van der Waals surface area contributed by atoms with Gasteiger partial charge in [0.05, 0.1) is 0 Å². The Morgan fingerprint density at radius 3 is 2.38 bits per heavy atom. The number of carbonyl (C=O) groups is 2. The Hall–Kier alpha value is -1.84. The summed E-state index contributed by atoms with van der Waals surface area (Å²) in [6.07, 6.45) is 0. The molecule has 0 aliphatic rings. The number of imide groups is 1. The van der Waals surface area contributed by atoms with Crippen molar-refractivity contribution in [3.8, 4) is 0 Å². The van der Waals surface area contributed by atoms with Crippen molar-refractivity contribution in [1.82, 2.24) is 10.6 Å². The first kappa shape index (κ1) is 9.25. The second-order valence-electron chi connectivity index (χ2n) is 2.35. The molecular weight excluding hydrogens is 168 g/mol. The van der Waals surface area contributed by atoms with Crippen LogP contribution in [0.3, 0.4) is 0 Å². The fourth-order valence-electron chi connectivity index (χ4n) is 0.815. The molecule has 0 saturated heterocycles. The molecule has 13 heavy (non-hydrogen) atoms. The lowest BCUT2D eigenvalue weighted by Gasteiger charge is -2.00. The summed E-state index contributed by atoms with van der Waals surface area (Å²) in [5.41, 5.74) is 0.444. The van der Waals surface area contributed by atoms with E-state index < -0.39 is 11.9 Å². The second-order valence-corrected chi connectivity index (χ2v) is 2.35. The van der Waals surface area contributed by atoms with Crippen LogP contribution in [0.1, 0.15) is 10.4 Å². The number of nitrogens with zero attached hydrogens (tertiary/aromatic N) is 1. The van der Waals surface area contributed by atoms with E-state index in [9.17, 15) is 9.59 Å². The molecule has 4 heteroatoms. The number of benzene rings is 1. The fourth-order valence-corrected chi connectivity index (χ4v) is 0.815. The quantitative estimate of drug-likeness (QED) is 0.688. The highest BCUT2D eigenvalue weighted by molar-refractivity contribution is 6.03.